The fraction of sp³-hybridized carbons (Fsp3) is 0.462. The van der Waals surface area contributed by atoms with Crippen LogP contribution in [0.25, 0.3) is 0 Å². The molecule has 1 rings (SSSR count). The van der Waals surface area contributed by atoms with Crippen LogP contribution >= 0.6 is 0 Å². The van der Waals surface area contributed by atoms with Gasteiger partial charge in [-0.3, -0.25) is 4.79 Å². The Bertz CT molecular complexity index is 463. The molecule has 19 heavy (non-hydrogen) atoms. The van der Waals surface area contributed by atoms with E-state index in [1.807, 2.05) is 13.6 Å². The molecule has 6 heteroatoms. The first-order valence-corrected chi connectivity index (χ1v) is 6.05. The maximum absolute atomic E-state index is 13.6. The Morgan fingerprint density at radius 1 is 1.21 bits per heavy atom. The molecule has 0 spiro atoms. The molecule has 1 unspecified atom stereocenters. The monoisotopic (exact) mass is 272 g/mol. The predicted molar refractivity (Wildman–Crippen MR) is 67.9 cm³/mol. The Labute approximate surface area is 111 Å². The third kappa shape index (κ3) is 4.30. The van der Waals surface area contributed by atoms with Crippen molar-refractivity contribution in [1.29, 1.82) is 0 Å². The topological polar surface area (TPSA) is 26.3 Å². The van der Waals surface area contributed by atoms with Gasteiger partial charge in [-0.25, -0.2) is 13.2 Å². The van der Waals surface area contributed by atoms with E-state index in [2.05, 4.69) is 4.74 Å². The first kappa shape index (κ1) is 15.6. The summed E-state index contributed by atoms with van der Waals surface area (Å²) in [5.41, 5.74) is 0.0708. The number of benzene rings is 1. The molecule has 0 saturated heterocycles. The minimum absolute atomic E-state index is 0.0708. The molecule has 1 aromatic rings. The van der Waals surface area contributed by atoms with E-state index in [0.717, 1.165) is 6.07 Å². The summed E-state index contributed by atoms with van der Waals surface area (Å²) in [5, 5.41) is 0. The Balaban J connectivity index is 2.90. The molecule has 0 aliphatic heterocycles. The van der Waals surface area contributed by atoms with Crippen LogP contribution in [0.1, 0.15) is 12.0 Å². The van der Waals surface area contributed by atoms with Gasteiger partial charge in [0.2, 0.25) is 0 Å². The molecule has 0 aliphatic rings. The maximum atomic E-state index is 13.6. The van der Waals surface area contributed by atoms with Crippen LogP contribution in [-0.2, 0) is 16.0 Å². The van der Waals surface area contributed by atoms with Gasteiger partial charge in [0.05, 0.1) is 7.11 Å². The van der Waals surface area contributed by atoms with Crippen LogP contribution in [0.5, 0.6) is 0 Å². The summed E-state index contributed by atoms with van der Waals surface area (Å²) in [6.07, 6.45) is 0.280. The smallest absolute Gasteiger partial charge is 0.305 e. The second kappa shape index (κ2) is 6.64. The lowest BCUT2D eigenvalue weighted by Crippen LogP contribution is -2.20. The molecule has 104 valence electrons. The number of halogens is 3. The summed E-state index contributed by atoms with van der Waals surface area (Å²) in [5.74, 6) is -3.68. The average Bonchev–Trinajstić information content (AvgIpc) is 2.34. The standard InChI is InChI=1S/C13H16BF3O2/c1-14(2)9(6-13(18)19-3)4-8-5-11(16)12(17)7-10(8)15/h5,7,9H,4,6H2,1-3H3. The zero-order chi connectivity index (χ0) is 14.6. The lowest BCUT2D eigenvalue weighted by Gasteiger charge is -2.18. The van der Waals surface area contributed by atoms with Gasteiger partial charge in [-0.05, 0) is 23.9 Å². The molecule has 0 bridgehead atoms. The second-order valence-corrected chi connectivity index (χ2v) is 4.85. The summed E-state index contributed by atoms with van der Waals surface area (Å²) in [4.78, 5) is 11.3. The number of methoxy groups -OCH3 is 1. The van der Waals surface area contributed by atoms with Gasteiger partial charge in [0.1, 0.15) is 12.5 Å². The normalized spacial score (nSPS) is 12.1. The molecule has 2 nitrogen and oxygen atoms in total. The minimum Gasteiger partial charge on any atom is -0.469 e. The number of carbonyl (C=O) groups excluding carboxylic acids is 1. The molecular formula is C13H16BF3O2. The summed E-state index contributed by atoms with van der Waals surface area (Å²) < 4.78 is 44.1. The van der Waals surface area contributed by atoms with Crippen LogP contribution in [0.4, 0.5) is 13.2 Å². The van der Waals surface area contributed by atoms with Crippen LogP contribution < -0.4 is 0 Å². The molecule has 1 aromatic carbocycles. The molecule has 1 atom stereocenters. The number of hydrogen-bond donors (Lipinski definition) is 0. The highest BCUT2D eigenvalue weighted by atomic mass is 19.2. The van der Waals surface area contributed by atoms with Crippen molar-refractivity contribution in [1.82, 2.24) is 0 Å². The molecule has 0 fully saturated rings. The van der Waals surface area contributed by atoms with E-state index < -0.39 is 23.4 Å². The molecule has 0 amide bonds. The van der Waals surface area contributed by atoms with Crippen molar-refractivity contribution in [3.8, 4) is 0 Å². The van der Waals surface area contributed by atoms with Crippen LogP contribution in [-0.4, -0.2) is 19.8 Å². The van der Waals surface area contributed by atoms with E-state index in [0.29, 0.717) is 6.07 Å². The quantitative estimate of drug-likeness (QED) is 0.467. The maximum Gasteiger partial charge on any atom is 0.305 e. The van der Waals surface area contributed by atoms with Crippen LogP contribution in [0.2, 0.25) is 19.5 Å². The lowest BCUT2D eigenvalue weighted by molar-refractivity contribution is -0.140. The molecule has 0 heterocycles. The fourth-order valence-electron chi connectivity index (χ4n) is 1.84. The molecule has 0 aromatic heterocycles. The highest BCUT2D eigenvalue weighted by Gasteiger charge is 2.23. The van der Waals surface area contributed by atoms with Crippen molar-refractivity contribution in [3.05, 3.63) is 35.1 Å². The van der Waals surface area contributed by atoms with Gasteiger partial charge < -0.3 is 4.74 Å². The first-order chi connectivity index (χ1) is 8.85. The average molecular weight is 272 g/mol. The summed E-state index contributed by atoms with van der Waals surface area (Å²) >= 11 is 0. The van der Waals surface area contributed by atoms with Crippen molar-refractivity contribution in [3.63, 3.8) is 0 Å². The van der Waals surface area contributed by atoms with Crippen molar-refractivity contribution in [2.24, 2.45) is 0 Å². The van der Waals surface area contributed by atoms with Crippen molar-refractivity contribution < 1.29 is 22.7 Å². The number of rotatable bonds is 5. The SMILES string of the molecule is COC(=O)CC(Cc1cc(F)c(F)cc1F)B(C)C. The predicted octanol–water partition coefficient (Wildman–Crippen LogP) is 3.33. The van der Waals surface area contributed by atoms with E-state index >= 15 is 0 Å². The molecule has 0 radical (unpaired) electrons. The van der Waals surface area contributed by atoms with Gasteiger partial charge in [-0.2, -0.15) is 0 Å². The third-order valence-electron chi connectivity index (χ3n) is 3.17. The minimum atomic E-state index is -1.21. The molecule has 0 saturated carbocycles. The number of carbonyl (C=O) groups is 1. The van der Waals surface area contributed by atoms with Gasteiger partial charge in [0.15, 0.2) is 11.6 Å². The molecule has 0 aliphatic carbocycles. The zero-order valence-corrected chi connectivity index (χ0v) is 11.2. The molecule has 0 N–H and O–H groups in total. The van der Waals surface area contributed by atoms with Crippen LogP contribution in [0.15, 0.2) is 12.1 Å². The molecular weight excluding hydrogens is 256 g/mol. The lowest BCUT2D eigenvalue weighted by atomic mass is 9.43. The summed E-state index contributed by atoms with van der Waals surface area (Å²) in [6.45, 7) is 3.85. The van der Waals surface area contributed by atoms with E-state index in [9.17, 15) is 18.0 Å². The van der Waals surface area contributed by atoms with Crippen LogP contribution in [0.3, 0.4) is 0 Å². The van der Waals surface area contributed by atoms with E-state index in [1.54, 1.807) is 0 Å². The van der Waals surface area contributed by atoms with E-state index in [-0.39, 0.29) is 30.9 Å². The van der Waals surface area contributed by atoms with Crippen molar-refractivity contribution in [2.75, 3.05) is 7.11 Å². The van der Waals surface area contributed by atoms with E-state index in [4.69, 9.17) is 0 Å². The zero-order valence-electron chi connectivity index (χ0n) is 11.2. The van der Waals surface area contributed by atoms with Gasteiger partial charge >= 0.3 is 5.97 Å². The largest absolute Gasteiger partial charge is 0.469 e. The Kier molecular flexibility index (Phi) is 5.45. The Hall–Kier alpha value is -1.46. The van der Waals surface area contributed by atoms with Crippen molar-refractivity contribution >= 4 is 12.7 Å². The van der Waals surface area contributed by atoms with Crippen molar-refractivity contribution in [2.45, 2.75) is 32.3 Å². The Morgan fingerprint density at radius 2 is 1.79 bits per heavy atom. The number of ether oxygens (including phenoxy) is 1. The van der Waals surface area contributed by atoms with Crippen LogP contribution in [0, 0.1) is 17.5 Å². The first-order valence-electron chi connectivity index (χ1n) is 6.05. The van der Waals surface area contributed by atoms with Gasteiger partial charge in [-0.1, -0.05) is 13.6 Å². The fourth-order valence-corrected chi connectivity index (χ4v) is 1.84. The van der Waals surface area contributed by atoms with Gasteiger partial charge in [0, 0.05) is 12.5 Å². The number of hydrogen-bond acceptors (Lipinski definition) is 2. The van der Waals surface area contributed by atoms with Gasteiger partial charge in [0.25, 0.3) is 0 Å². The highest BCUT2D eigenvalue weighted by Crippen LogP contribution is 2.25. The summed E-state index contributed by atoms with van der Waals surface area (Å²) in [7, 11) is 1.28. The Morgan fingerprint density at radius 3 is 2.32 bits per heavy atom. The summed E-state index contributed by atoms with van der Waals surface area (Å²) in [6, 6.07) is 1.37. The van der Waals surface area contributed by atoms with Gasteiger partial charge in [-0.15, -0.1) is 0 Å². The number of esters is 1. The third-order valence-corrected chi connectivity index (χ3v) is 3.17. The second-order valence-electron chi connectivity index (χ2n) is 4.85. The highest BCUT2D eigenvalue weighted by molar-refractivity contribution is 6.57. The van der Waals surface area contributed by atoms with E-state index in [1.165, 1.54) is 7.11 Å².